The van der Waals surface area contributed by atoms with Crippen molar-refractivity contribution in [2.45, 2.75) is 26.7 Å². The van der Waals surface area contributed by atoms with Crippen LogP contribution in [0.5, 0.6) is 0 Å². The second-order valence-electron chi connectivity index (χ2n) is 5.66. The lowest BCUT2D eigenvalue weighted by Gasteiger charge is -2.20. The smallest absolute Gasteiger partial charge is 0.335 e. The van der Waals surface area contributed by atoms with Crippen LogP contribution >= 0.6 is 0 Å². The van der Waals surface area contributed by atoms with Gasteiger partial charge in [0.05, 0.1) is 10.5 Å². The van der Waals surface area contributed by atoms with E-state index in [0.717, 1.165) is 12.8 Å². The average molecular weight is 278 g/mol. The van der Waals surface area contributed by atoms with E-state index < -0.39 is 10.9 Å². The molecule has 0 aliphatic heterocycles. The fourth-order valence-electron chi connectivity index (χ4n) is 2.36. The Hall–Kier alpha value is -2.11. The van der Waals surface area contributed by atoms with E-state index in [1.165, 1.54) is 18.2 Å². The number of aromatic carboxylic acids is 1. The van der Waals surface area contributed by atoms with Crippen molar-refractivity contribution in [3.63, 3.8) is 0 Å². The Labute approximate surface area is 117 Å². The highest BCUT2D eigenvalue weighted by atomic mass is 16.6. The van der Waals surface area contributed by atoms with Gasteiger partial charge in [0.1, 0.15) is 5.69 Å². The third kappa shape index (κ3) is 2.74. The third-order valence-corrected chi connectivity index (χ3v) is 4.19. The molecule has 1 saturated carbocycles. The number of hydrogen-bond donors (Lipinski definition) is 2. The summed E-state index contributed by atoms with van der Waals surface area (Å²) in [6, 6.07) is 3.82. The van der Waals surface area contributed by atoms with Gasteiger partial charge in [-0.25, -0.2) is 4.79 Å². The summed E-state index contributed by atoms with van der Waals surface area (Å²) in [5, 5.41) is 23.0. The number of carbonyl (C=O) groups is 1. The van der Waals surface area contributed by atoms with Gasteiger partial charge in [0.2, 0.25) is 0 Å². The number of rotatable bonds is 6. The fourth-order valence-corrected chi connectivity index (χ4v) is 2.36. The van der Waals surface area contributed by atoms with Crippen LogP contribution in [0.25, 0.3) is 0 Å². The van der Waals surface area contributed by atoms with Gasteiger partial charge in [-0.15, -0.1) is 0 Å². The molecule has 0 saturated heterocycles. The SMILES string of the molecule is CC(C)C1(CNc2cc(C(=O)O)ccc2[N+](=O)[O-])CC1. The molecule has 0 atom stereocenters. The second kappa shape index (κ2) is 5.11. The third-order valence-electron chi connectivity index (χ3n) is 4.19. The van der Waals surface area contributed by atoms with E-state index >= 15 is 0 Å². The van der Waals surface area contributed by atoms with Gasteiger partial charge in [0.25, 0.3) is 5.69 Å². The molecule has 1 aromatic rings. The number of nitro benzene ring substituents is 1. The summed E-state index contributed by atoms with van der Waals surface area (Å²) >= 11 is 0. The minimum absolute atomic E-state index is 0.0486. The molecule has 0 unspecified atom stereocenters. The van der Waals surface area contributed by atoms with Crippen LogP contribution in [0.2, 0.25) is 0 Å². The van der Waals surface area contributed by atoms with Crippen LogP contribution in [0, 0.1) is 21.4 Å². The molecule has 0 amide bonds. The maximum Gasteiger partial charge on any atom is 0.335 e. The number of nitrogens with zero attached hydrogens (tertiary/aromatic N) is 1. The lowest BCUT2D eigenvalue weighted by atomic mass is 9.92. The molecule has 1 fully saturated rings. The zero-order valence-corrected chi connectivity index (χ0v) is 11.5. The summed E-state index contributed by atoms with van der Waals surface area (Å²) < 4.78 is 0. The van der Waals surface area contributed by atoms with Crippen molar-refractivity contribution in [2.75, 3.05) is 11.9 Å². The Morgan fingerprint density at radius 3 is 2.60 bits per heavy atom. The molecule has 1 aromatic carbocycles. The van der Waals surface area contributed by atoms with Crippen molar-refractivity contribution in [1.29, 1.82) is 0 Å². The van der Waals surface area contributed by atoms with Gasteiger partial charge >= 0.3 is 5.97 Å². The van der Waals surface area contributed by atoms with Crippen LogP contribution in [0.3, 0.4) is 0 Å². The molecular weight excluding hydrogens is 260 g/mol. The predicted octanol–water partition coefficient (Wildman–Crippen LogP) is 3.14. The van der Waals surface area contributed by atoms with E-state index in [2.05, 4.69) is 19.2 Å². The van der Waals surface area contributed by atoms with Crippen molar-refractivity contribution < 1.29 is 14.8 Å². The molecule has 0 radical (unpaired) electrons. The average Bonchev–Trinajstić information content (AvgIpc) is 3.16. The Balaban J connectivity index is 2.22. The first kappa shape index (κ1) is 14.3. The number of nitro groups is 1. The molecule has 6 nitrogen and oxygen atoms in total. The van der Waals surface area contributed by atoms with Crippen LogP contribution in [0.1, 0.15) is 37.0 Å². The lowest BCUT2D eigenvalue weighted by Crippen LogP contribution is -2.21. The quantitative estimate of drug-likeness (QED) is 0.616. The molecule has 2 N–H and O–H groups in total. The Kier molecular flexibility index (Phi) is 3.65. The van der Waals surface area contributed by atoms with Crippen LogP contribution in [0.15, 0.2) is 18.2 Å². The number of anilines is 1. The number of carboxylic acid groups (broad SMARTS) is 1. The van der Waals surface area contributed by atoms with Gasteiger partial charge in [-0.3, -0.25) is 10.1 Å². The first-order valence-electron chi connectivity index (χ1n) is 6.61. The first-order chi connectivity index (χ1) is 9.35. The summed E-state index contributed by atoms with van der Waals surface area (Å²) in [5.74, 6) is -0.593. The summed E-state index contributed by atoms with van der Waals surface area (Å²) in [6.45, 7) is 4.90. The number of nitrogens with one attached hydrogen (secondary N) is 1. The first-order valence-corrected chi connectivity index (χ1v) is 6.61. The zero-order valence-electron chi connectivity index (χ0n) is 11.5. The number of carboxylic acids is 1. The van der Waals surface area contributed by atoms with Crippen LogP contribution in [-0.2, 0) is 0 Å². The van der Waals surface area contributed by atoms with Gasteiger partial charge in [-0.1, -0.05) is 13.8 Å². The van der Waals surface area contributed by atoms with Crippen molar-refractivity contribution in [1.82, 2.24) is 0 Å². The lowest BCUT2D eigenvalue weighted by molar-refractivity contribution is -0.384. The van der Waals surface area contributed by atoms with Crippen molar-refractivity contribution in [3.8, 4) is 0 Å². The predicted molar refractivity (Wildman–Crippen MR) is 75.1 cm³/mol. The van der Waals surface area contributed by atoms with E-state index in [9.17, 15) is 14.9 Å². The molecule has 1 aliphatic carbocycles. The minimum atomic E-state index is -1.09. The fraction of sp³-hybridized carbons (Fsp3) is 0.500. The summed E-state index contributed by atoms with van der Waals surface area (Å²) in [7, 11) is 0. The topological polar surface area (TPSA) is 92.5 Å². The van der Waals surface area contributed by atoms with Gasteiger partial charge < -0.3 is 10.4 Å². The van der Waals surface area contributed by atoms with E-state index in [1.807, 2.05) is 0 Å². The maximum absolute atomic E-state index is 11.0. The molecule has 1 aliphatic rings. The summed E-state index contributed by atoms with van der Waals surface area (Å²) in [5.41, 5.74) is 0.427. The molecule has 6 heteroatoms. The molecule has 0 spiro atoms. The van der Waals surface area contributed by atoms with Crippen LogP contribution < -0.4 is 5.32 Å². The highest BCUT2D eigenvalue weighted by Crippen LogP contribution is 2.51. The second-order valence-corrected chi connectivity index (χ2v) is 5.66. The van der Waals surface area contributed by atoms with E-state index in [4.69, 9.17) is 5.11 Å². The maximum atomic E-state index is 11.0. The highest BCUT2D eigenvalue weighted by Gasteiger charge is 2.45. The molecule has 0 bridgehead atoms. The van der Waals surface area contributed by atoms with Gasteiger partial charge in [-0.2, -0.15) is 0 Å². The Morgan fingerprint density at radius 2 is 2.15 bits per heavy atom. The molecule has 20 heavy (non-hydrogen) atoms. The summed E-state index contributed by atoms with van der Waals surface area (Å²) in [4.78, 5) is 21.5. The molecule has 0 aromatic heterocycles. The standard InChI is InChI=1S/C14H18N2O4/c1-9(2)14(5-6-14)8-15-11-7-10(13(17)18)3-4-12(11)16(19)20/h3-4,7,9,15H,5-6,8H2,1-2H3,(H,17,18). The monoisotopic (exact) mass is 278 g/mol. The van der Waals surface area contributed by atoms with Gasteiger partial charge in [0.15, 0.2) is 0 Å². The Morgan fingerprint density at radius 1 is 1.50 bits per heavy atom. The van der Waals surface area contributed by atoms with E-state index in [1.54, 1.807) is 0 Å². The van der Waals surface area contributed by atoms with E-state index in [-0.39, 0.29) is 22.4 Å². The Bertz CT molecular complexity index is 550. The molecule has 108 valence electrons. The minimum Gasteiger partial charge on any atom is -0.478 e. The largest absolute Gasteiger partial charge is 0.478 e. The molecule has 2 rings (SSSR count). The van der Waals surface area contributed by atoms with Gasteiger partial charge in [-0.05, 0) is 36.3 Å². The summed E-state index contributed by atoms with van der Waals surface area (Å²) in [6.07, 6.45) is 2.20. The number of benzene rings is 1. The van der Waals surface area contributed by atoms with Gasteiger partial charge in [0, 0.05) is 12.6 Å². The van der Waals surface area contributed by atoms with E-state index in [0.29, 0.717) is 12.5 Å². The van der Waals surface area contributed by atoms with Crippen LogP contribution in [-0.4, -0.2) is 22.5 Å². The van der Waals surface area contributed by atoms with Crippen molar-refractivity contribution >= 4 is 17.3 Å². The zero-order chi connectivity index (χ0) is 14.9. The molecule has 0 heterocycles. The normalized spacial score (nSPS) is 15.9. The van der Waals surface area contributed by atoms with Crippen LogP contribution in [0.4, 0.5) is 11.4 Å². The van der Waals surface area contributed by atoms with Crippen molar-refractivity contribution in [2.24, 2.45) is 11.3 Å². The highest BCUT2D eigenvalue weighted by molar-refractivity contribution is 5.90. The number of hydrogen-bond acceptors (Lipinski definition) is 4. The van der Waals surface area contributed by atoms with Crippen molar-refractivity contribution in [3.05, 3.63) is 33.9 Å². The molecular formula is C14H18N2O4.